The molecular formula is C24H14Cl3F3N2O2. The molecule has 4 rings (SSSR count). The summed E-state index contributed by atoms with van der Waals surface area (Å²) in [5.74, 6) is -2.94. The molecule has 0 radical (unpaired) electrons. The van der Waals surface area contributed by atoms with Crippen molar-refractivity contribution in [1.82, 2.24) is 5.01 Å². The van der Waals surface area contributed by atoms with Gasteiger partial charge >= 0.3 is 6.18 Å². The van der Waals surface area contributed by atoms with E-state index in [0.717, 1.165) is 23.2 Å². The van der Waals surface area contributed by atoms with Crippen molar-refractivity contribution >= 4 is 58.4 Å². The molecule has 0 saturated carbocycles. The number of nitrogens with one attached hydrogen (secondary N) is 1. The number of carbonyl (C=O) groups excluding carboxylic acids is 2. The van der Waals surface area contributed by atoms with Gasteiger partial charge in [-0.05, 0) is 47.5 Å². The molecule has 1 heterocycles. The first kappa shape index (κ1) is 24.1. The van der Waals surface area contributed by atoms with Gasteiger partial charge in [-0.1, -0.05) is 71.2 Å². The van der Waals surface area contributed by atoms with Gasteiger partial charge in [-0.25, -0.2) is 0 Å². The molecule has 174 valence electrons. The molecule has 4 nitrogen and oxygen atoms in total. The van der Waals surface area contributed by atoms with Crippen LogP contribution in [0.3, 0.4) is 0 Å². The quantitative estimate of drug-likeness (QED) is 0.275. The molecule has 0 aromatic heterocycles. The summed E-state index contributed by atoms with van der Waals surface area (Å²) in [6.07, 6.45) is -2.30. The zero-order chi connectivity index (χ0) is 24.6. The van der Waals surface area contributed by atoms with Gasteiger partial charge in [0.05, 0.1) is 37.8 Å². The van der Waals surface area contributed by atoms with Crippen LogP contribution >= 0.6 is 34.8 Å². The van der Waals surface area contributed by atoms with E-state index in [2.05, 4.69) is 5.43 Å². The highest BCUT2D eigenvalue weighted by Crippen LogP contribution is 2.41. The Morgan fingerprint density at radius 1 is 0.853 bits per heavy atom. The van der Waals surface area contributed by atoms with Gasteiger partial charge in [0.2, 0.25) is 0 Å². The molecular weight excluding hydrogens is 512 g/mol. The summed E-state index contributed by atoms with van der Waals surface area (Å²) in [7, 11) is 0. The Balaban J connectivity index is 1.52. The summed E-state index contributed by atoms with van der Waals surface area (Å²) in [6.45, 7) is 0. The van der Waals surface area contributed by atoms with E-state index in [9.17, 15) is 22.8 Å². The minimum Gasteiger partial charge on any atom is -0.288 e. The van der Waals surface area contributed by atoms with Gasteiger partial charge in [0, 0.05) is 0 Å². The third-order valence-electron chi connectivity index (χ3n) is 5.14. The molecule has 34 heavy (non-hydrogen) atoms. The van der Waals surface area contributed by atoms with Crippen LogP contribution in [0.5, 0.6) is 0 Å². The molecule has 0 bridgehead atoms. The zero-order valence-electron chi connectivity index (χ0n) is 17.0. The van der Waals surface area contributed by atoms with Crippen molar-refractivity contribution in [3.05, 3.63) is 104 Å². The van der Waals surface area contributed by atoms with Crippen LogP contribution in [0.1, 0.15) is 37.8 Å². The number of halogens is 6. The summed E-state index contributed by atoms with van der Waals surface area (Å²) in [5.41, 5.74) is 4.05. The van der Waals surface area contributed by atoms with E-state index in [-0.39, 0.29) is 20.6 Å². The monoisotopic (exact) mass is 524 g/mol. The van der Waals surface area contributed by atoms with Crippen molar-refractivity contribution in [3.63, 3.8) is 0 Å². The second-order valence-electron chi connectivity index (χ2n) is 7.40. The number of rotatable bonds is 5. The van der Waals surface area contributed by atoms with Gasteiger partial charge in [-0.2, -0.15) is 18.2 Å². The molecule has 1 aliphatic rings. The highest BCUT2D eigenvalue weighted by molar-refractivity contribution is 6.48. The minimum atomic E-state index is -4.59. The number of allylic oxidation sites excluding steroid dienone is 1. The molecule has 1 aliphatic heterocycles. The van der Waals surface area contributed by atoms with E-state index in [1.807, 2.05) is 0 Å². The van der Waals surface area contributed by atoms with Crippen LogP contribution in [0.15, 0.2) is 66.7 Å². The largest absolute Gasteiger partial charge is 0.399 e. The molecule has 0 fully saturated rings. The molecule has 3 aromatic carbocycles. The SMILES string of the molecule is O=C1c2ccccc2C(=O)N1Nc1ccc(C=C[C@H](c2cc(Cl)c(Cl)c(Cl)c2)C(F)(F)F)cc1. The van der Waals surface area contributed by atoms with Crippen LogP contribution in [0.4, 0.5) is 18.9 Å². The topological polar surface area (TPSA) is 49.4 Å². The Morgan fingerprint density at radius 2 is 1.38 bits per heavy atom. The fourth-order valence-electron chi connectivity index (χ4n) is 3.46. The number of carbonyl (C=O) groups is 2. The first-order valence-electron chi connectivity index (χ1n) is 9.80. The van der Waals surface area contributed by atoms with E-state index in [0.29, 0.717) is 22.4 Å². The van der Waals surface area contributed by atoms with E-state index >= 15 is 0 Å². The van der Waals surface area contributed by atoms with Crippen molar-refractivity contribution in [2.45, 2.75) is 12.1 Å². The molecule has 3 aromatic rings. The van der Waals surface area contributed by atoms with Crippen LogP contribution in [0.25, 0.3) is 6.08 Å². The average molecular weight is 526 g/mol. The van der Waals surface area contributed by atoms with Crippen LogP contribution in [0.2, 0.25) is 15.1 Å². The highest BCUT2D eigenvalue weighted by atomic mass is 35.5. The van der Waals surface area contributed by atoms with Crippen molar-refractivity contribution in [1.29, 1.82) is 0 Å². The maximum atomic E-state index is 13.7. The number of fused-ring (bicyclic) bond motifs is 1. The van der Waals surface area contributed by atoms with Gasteiger partial charge in [-0.3, -0.25) is 15.0 Å². The second kappa shape index (κ2) is 9.33. The fourth-order valence-corrected chi connectivity index (χ4v) is 4.07. The number of hydrogen-bond acceptors (Lipinski definition) is 3. The normalized spacial score (nSPS) is 14.6. The standard InChI is InChI=1S/C24H14Cl3F3N2O2/c25-19-11-14(12-20(26)21(19)27)18(24(28,29)30)10-7-13-5-8-15(9-6-13)31-32-22(33)16-3-1-2-4-17(16)23(32)34/h1-12,18,31H/t18-/m1/s1. The number of anilines is 1. The van der Waals surface area contributed by atoms with Crippen LogP contribution < -0.4 is 5.43 Å². The lowest BCUT2D eigenvalue weighted by molar-refractivity contribution is -0.139. The first-order chi connectivity index (χ1) is 16.1. The van der Waals surface area contributed by atoms with Crippen molar-refractivity contribution in [2.24, 2.45) is 0 Å². The molecule has 0 aliphatic carbocycles. The number of nitrogens with zero attached hydrogens (tertiary/aromatic N) is 1. The fraction of sp³-hybridized carbons (Fsp3) is 0.0833. The second-order valence-corrected chi connectivity index (χ2v) is 8.59. The minimum absolute atomic E-state index is 0.0156. The summed E-state index contributed by atoms with van der Waals surface area (Å²) < 4.78 is 41.1. The van der Waals surface area contributed by atoms with Gasteiger partial charge in [-0.15, -0.1) is 0 Å². The Hall–Kier alpha value is -3.00. The van der Waals surface area contributed by atoms with Gasteiger partial charge in [0.1, 0.15) is 0 Å². The number of hydrogen-bond donors (Lipinski definition) is 1. The Bertz CT molecular complexity index is 1250. The van der Waals surface area contributed by atoms with Crippen LogP contribution in [0, 0.1) is 0 Å². The van der Waals surface area contributed by atoms with Crippen molar-refractivity contribution < 1.29 is 22.8 Å². The predicted octanol–water partition coefficient (Wildman–Crippen LogP) is 7.63. The summed E-state index contributed by atoms with van der Waals surface area (Å²) in [6, 6.07) is 14.9. The smallest absolute Gasteiger partial charge is 0.288 e. The third-order valence-corrected chi connectivity index (χ3v) is 6.34. The van der Waals surface area contributed by atoms with E-state index in [1.165, 1.54) is 6.08 Å². The molecule has 0 spiro atoms. The van der Waals surface area contributed by atoms with Crippen LogP contribution in [-0.2, 0) is 0 Å². The Morgan fingerprint density at radius 3 is 1.88 bits per heavy atom. The Labute approximate surface area is 207 Å². The van der Waals surface area contributed by atoms with Gasteiger partial charge < -0.3 is 0 Å². The average Bonchev–Trinajstić information content (AvgIpc) is 3.03. The summed E-state index contributed by atoms with van der Waals surface area (Å²) >= 11 is 17.6. The van der Waals surface area contributed by atoms with E-state index in [4.69, 9.17) is 34.8 Å². The molecule has 2 amide bonds. The predicted molar refractivity (Wildman–Crippen MR) is 126 cm³/mol. The molecule has 0 unspecified atom stereocenters. The lowest BCUT2D eigenvalue weighted by atomic mass is 9.97. The number of imide groups is 1. The van der Waals surface area contributed by atoms with Crippen molar-refractivity contribution in [3.8, 4) is 0 Å². The number of hydrazine groups is 1. The summed E-state index contributed by atoms with van der Waals surface area (Å²) in [5, 5.41) is 0.729. The molecule has 10 heteroatoms. The van der Waals surface area contributed by atoms with Crippen LogP contribution in [-0.4, -0.2) is 23.0 Å². The van der Waals surface area contributed by atoms with Crippen molar-refractivity contribution in [2.75, 3.05) is 5.43 Å². The van der Waals surface area contributed by atoms with E-state index < -0.39 is 23.9 Å². The lowest BCUT2D eigenvalue weighted by Gasteiger charge is -2.18. The lowest BCUT2D eigenvalue weighted by Crippen LogP contribution is -2.35. The molecule has 1 N–H and O–H groups in total. The number of alkyl halides is 3. The number of benzene rings is 3. The number of amides is 2. The first-order valence-corrected chi connectivity index (χ1v) is 10.9. The maximum Gasteiger partial charge on any atom is 0.399 e. The molecule has 1 atom stereocenters. The Kier molecular flexibility index (Phi) is 6.62. The third kappa shape index (κ3) is 4.78. The van der Waals surface area contributed by atoms with Gasteiger partial charge in [0.25, 0.3) is 11.8 Å². The molecule has 0 saturated heterocycles. The summed E-state index contributed by atoms with van der Waals surface area (Å²) in [4.78, 5) is 24.9. The van der Waals surface area contributed by atoms with Gasteiger partial charge in [0.15, 0.2) is 0 Å². The highest BCUT2D eigenvalue weighted by Gasteiger charge is 2.39. The zero-order valence-corrected chi connectivity index (χ0v) is 19.3. The van der Waals surface area contributed by atoms with E-state index in [1.54, 1.807) is 48.5 Å². The maximum absolute atomic E-state index is 13.7.